The van der Waals surface area contributed by atoms with Gasteiger partial charge in [-0.3, -0.25) is 4.79 Å². The molecule has 2 rings (SSSR count). The number of nitrogens with one attached hydrogen (secondary N) is 1. The van der Waals surface area contributed by atoms with E-state index in [2.05, 4.69) is 19.2 Å². The minimum atomic E-state index is -1.78. The van der Waals surface area contributed by atoms with Gasteiger partial charge in [0.1, 0.15) is 48.8 Å². The van der Waals surface area contributed by atoms with E-state index in [1.54, 1.807) is 6.08 Å². The van der Waals surface area contributed by atoms with Gasteiger partial charge in [0.05, 0.1) is 32.0 Å². The second-order valence-corrected chi connectivity index (χ2v) is 16.9. The molecule has 0 spiro atoms. The van der Waals surface area contributed by atoms with E-state index in [9.17, 15) is 45.6 Å². The number of unbranched alkanes of at least 4 members (excludes halogenated alkanes) is 22. The van der Waals surface area contributed by atoms with Crippen LogP contribution in [0.2, 0.25) is 0 Å². The molecule has 0 aromatic heterocycles. The molecule has 9 N–H and O–H groups in total. The molecule has 12 atom stereocenters. The van der Waals surface area contributed by atoms with Crippen LogP contribution in [-0.4, -0.2) is 140 Å². The minimum Gasteiger partial charge on any atom is -0.394 e. The van der Waals surface area contributed by atoms with Crippen LogP contribution in [0.5, 0.6) is 0 Å². The van der Waals surface area contributed by atoms with Gasteiger partial charge in [0, 0.05) is 6.42 Å². The van der Waals surface area contributed by atoms with Gasteiger partial charge in [0.25, 0.3) is 0 Å². The molecule has 59 heavy (non-hydrogen) atoms. The number of ether oxygens (including phenoxy) is 4. The number of allylic oxidation sites excluding steroid dienone is 1. The monoisotopic (exact) mass is 848 g/mol. The summed E-state index contributed by atoms with van der Waals surface area (Å²) in [7, 11) is 0. The van der Waals surface area contributed by atoms with Gasteiger partial charge in [-0.15, -0.1) is 0 Å². The Bertz CT molecular complexity index is 1050. The Morgan fingerprint density at radius 1 is 0.593 bits per heavy atom. The molecule has 1 amide bonds. The average molecular weight is 848 g/mol. The Hall–Kier alpha value is -1.27. The zero-order valence-electron chi connectivity index (χ0n) is 36.5. The molecule has 2 aliphatic heterocycles. The maximum atomic E-state index is 13.0. The zero-order valence-corrected chi connectivity index (χ0v) is 36.5. The lowest BCUT2D eigenvalue weighted by Crippen LogP contribution is -2.65. The molecule has 0 aliphatic carbocycles. The lowest BCUT2D eigenvalue weighted by molar-refractivity contribution is -0.359. The quantitative estimate of drug-likeness (QED) is 0.0308. The predicted molar refractivity (Wildman–Crippen MR) is 226 cm³/mol. The van der Waals surface area contributed by atoms with Crippen LogP contribution < -0.4 is 5.32 Å². The third-order valence-corrected chi connectivity index (χ3v) is 11.7. The van der Waals surface area contributed by atoms with Gasteiger partial charge in [-0.25, -0.2) is 0 Å². The van der Waals surface area contributed by atoms with Crippen LogP contribution in [0, 0.1) is 0 Å². The standard InChI is InChI=1S/C45H85NO13/c1-3-5-7-9-11-12-13-14-15-16-17-18-19-20-21-22-23-24-26-28-34(49)33(46-37(50)29-27-25-10-8-6-4-2)32-56-44-42(55)40(53)43(36(31-48)58-44)59-45-41(54)39(52)38(51)35(30-47)57-45/h26,28,33-36,38-45,47-49,51-55H,3-25,27,29-32H2,1-2H3,(H,46,50)/b28-26+. The van der Waals surface area contributed by atoms with Crippen LogP contribution in [0.25, 0.3) is 0 Å². The van der Waals surface area contributed by atoms with Crippen LogP contribution in [-0.2, 0) is 23.7 Å². The number of hydrogen-bond donors (Lipinski definition) is 9. The number of carbonyl (C=O) groups excluding carboxylic acids is 1. The van der Waals surface area contributed by atoms with Crippen molar-refractivity contribution < 1.29 is 64.6 Å². The molecule has 0 aromatic rings. The first-order chi connectivity index (χ1) is 28.6. The zero-order chi connectivity index (χ0) is 43.3. The van der Waals surface area contributed by atoms with Crippen molar-refractivity contribution in [1.82, 2.24) is 5.32 Å². The van der Waals surface area contributed by atoms with E-state index in [1.807, 2.05) is 6.08 Å². The minimum absolute atomic E-state index is 0.249. The highest BCUT2D eigenvalue weighted by Gasteiger charge is 2.50. The van der Waals surface area contributed by atoms with Crippen molar-refractivity contribution in [2.45, 2.75) is 248 Å². The second kappa shape index (κ2) is 33.3. The summed E-state index contributed by atoms with van der Waals surface area (Å²) in [6.07, 6.45) is 15.9. The van der Waals surface area contributed by atoms with Crippen molar-refractivity contribution in [3.63, 3.8) is 0 Å². The summed E-state index contributed by atoms with van der Waals surface area (Å²) >= 11 is 0. The van der Waals surface area contributed by atoms with Crippen molar-refractivity contribution in [3.05, 3.63) is 12.2 Å². The Morgan fingerprint density at radius 2 is 1.05 bits per heavy atom. The molecule has 2 heterocycles. The first-order valence-corrected chi connectivity index (χ1v) is 23.4. The lowest BCUT2D eigenvalue weighted by Gasteiger charge is -2.46. The highest BCUT2D eigenvalue weighted by atomic mass is 16.7. The summed E-state index contributed by atoms with van der Waals surface area (Å²) in [6, 6.07) is -0.905. The van der Waals surface area contributed by atoms with Gasteiger partial charge in [-0.2, -0.15) is 0 Å². The summed E-state index contributed by atoms with van der Waals surface area (Å²) in [5, 5.41) is 86.2. The van der Waals surface area contributed by atoms with E-state index in [0.717, 1.165) is 51.4 Å². The van der Waals surface area contributed by atoms with Crippen molar-refractivity contribution in [3.8, 4) is 0 Å². The molecule has 0 aromatic carbocycles. The topological polar surface area (TPSA) is 228 Å². The Morgan fingerprint density at radius 3 is 1.56 bits per heavy atom. The average Bonchev–Trinajstić information content (AvgIpc) is 3.23. The molecule has 348 valence electrons. The van der Waals surface area contributed by atoms with E-state index < -0.39 is 86.8 Å². The van der Waals surface area contributed by atoms with Crippen LogP contribution in [0.1, 0.15) is 174 Å². The molecule has 12 unspecified atom stereocenters. The molecule has 14 heteroatoms. The summed E-state index contributed by atoms with van der Waals surface area (Å²) < 4.78 is 22.6. The first kappa shape index (κ1) is 53.9. The number of aliphatic hydroxyl groups is 8. The number of aliphatic hydroxyl groups excluding tert-OH is 8. The van der Waals surface area contributed by atoms with Gasteiger partial charge >= 0.3 is 0 Å². The molecule has 2 fully saturated rings. The summed E-state index contributed by atoms with van der Waals surface area (Å²) in [5.41, 5.74) is 0. The molecular weight excluding hydrogens is 762 g/mol. The maximum Gasteiger partial charge on any atom is 0.220 e. The normalized spacial score (nSPS) is 28.6. The molecule has 0 saturated carbocycles. The third-order valence-electron chi connectivity index (χ3n) is 11.7. The first-order valence-electron chi connectivity index (χ1n) is 23.4. The fourth-order valence-electron chi connectivity index (χ4n) is 7.82. The fraction of sp³-hybridized carbons (Fsp3) is 0.933. The summed E-state index contributed by atoms with van der Waals surface area (Å²) in [6.45, 7) is 2.70. The van der Waals surface area contributed by atoms with E-state index in [-0.39, 0.29) is 18.9 Å². The van der Waals surface area contributed by atoms with Gasteiger partial charge in [-0.1, -0.05) is 161 Å². The largest absolute Gasteiger partial charge is 0.394 e. The SMILES string of the molecule is CCCCCCCCCCCCCCCCCCC/C=C/C(O)C(COC1OC(CO)C(OC2OC(CO)C(O)C(O)C2O)C(O)C1O)NC(=O)CCCCCCCC. The Labute approximate surface area is 355 Å². The lowest BCUT2D eigenvalue weighted by atomic mass is 9.97. The number of carbonyl (C=O) groups is 1. The second-order valence-electron chi connectivity index (χ2n) is 16.9. The Balaban J connectivity index is 1.81. The van der Waals surface area contributed by atoms with Crippen molar-refractivity contribution in [2.24, 2.45) is 0 Å². The number of rotatable bonds is 35. The van der Waals surface area contributed by atoms with Crippen LogP contribution >= 0.6 is 0 Å². The van der Waals surface area contributed by atoms with Gasteiger partial charge in [0.15, 0.2) is 12.6 Å². The van der Waals surface area contributed by atoms with Gasteiger partial charge < -0.3 is 65.1 Å². The van der Waals surface area contributed by atoms with Crippen molar-refractivity contribution in [2.75, 3.05) is 19.8 Å². The molecule has 0 bridgehead atoms. The molecular formula is C45H85NO13. The molecule has 0 radical (unpaired) electrons. The number of amides is 1. The molecule has 2 saturated heterocycles. The summed E-state index contributed by atoms with van der Waals surface area (Å²) in [4.78, 5) is 13.0. The smallest absolute Gasteiger partial charge is 0.220 e. The molecule has 14 nitrogen and oxygen atoms in total. The predicted octanol–water partition coefficient (Wildman–Crippen LogP) is 4.82. The van der Waals surface area contributed by atoms with Gasteiger partial charge in [-0.05, 0) is 19.3 Å². The fourth-order valence-corrected chi connectivity index (χ4v) is 7.82. The third kappa shape index (κ3) is 21.6. The van der Waals surface area contributed by atoms with Crippen LogP contribution in [0.15, 0.2) is 12.2 Å². The summed E-state index contributed by atoms with van der Waals surface area (Å²) in [5.74, 6) is -0.249. The van der Waals surface area contributed by atoms with E-state index in [4.69, 9.17) is 18.9 Å². The Kier molecular flexibility index (Phi) is 30.4. The van der Waals surface area contributed by atoms with E-state index >= 15 is 0 Å². The maximum absolute atomic E-state index is 13.0. The van der Waals surface area contributed by atoms with Crippen molar-refractivity contribution in [1.29, 1.82) is 0 Å². The van der Waals surface area contributed by atoms with Gasteiger partial charge in [0.2, 0.25) is 5.91 Å². The van der Waals surface area contributed by atoms with Crippen LogP contribution in [0.4, 0.5) is 0 Å². The van der Waals surface area contributed by atoms with E-state index in [1.165, 1.54) is 96.3 Å². The van der Waals surface area contributed by atoms with E-state index in [0.29, 0.717) is 6.42 Å². The van der Waals surface area contributed by atoms with Crippen molar-refractivity contribution >= 4 is 5.91 Å². The highest BCUT2D eigenvalue weighted by Crippen LogP contribution is 2.30. The van der Waals surface area contributed by atoms with Crippen LogP contribution in [0.3, 0.4) is 0 Å². The highest BCUT2D eigenvalue weighted by molar-refractivity contribution is 5.76. The number of hydrogen-bond acceptors (Lipinski definition) is 13. The molecule has 2 aliphatic rings.